The Balaban J connectivity index is 0.00000169. The average Bonchev–Trinajstić information content (AvgIpc) is 3.13. The highest BCUT2D eigenvalue weighted by Crippen LogP contribution is 2.29. The Morgan fingerprint density at radius 2 is 2.25 bits per heavy atom. The second-order valence-corrected chi connectivity index (χ2v) is 7.20. The number of likely N-dealkylation sites (tertiary alicyclic amines) is 1. The van der Waals surface area contributed by atoms with Crippen molar-refractivity contribution in [3.63, 3.8) is 0 Å². The zero-order valence-corrected chi connectivity index (χ0v) is 15.3. The summed E-state index contributed by atoms with van der Waals surface area (Å²) in [5, 5.41) is 5.20. The Labute approximate surface area is 152 Å². The van der Waals surface area contributed by atoms with Crippen molar-refractivity contribution < 1.29 is 9.21 Å². The predicted molar refractivity (Wildman–Crippen MR) is 98.0 cm³/mol. The quantitative estimate of drug-likeness (QED) is 0.880. The molecule has 2 aliphatic rings. The van der Waals surface area contributed by atoms with Crippen LogP contribution in [0.4, 0.5) is 0 Å². The highest BCUT2D eigenvalue weighted by molar-refractivity contribution is 6.32. The fourth-order valence-electron chi connectivity index (χ4n) is 3.86. The zero-order valence-electron chi connectivity index (χ0n) is 13.7. The number of carbonyl (C=O) groups is 1. The third-order valence-corrected chi connectivity index (χ3v) is 5.64. The van der Waals surface area contributed by atoms with Crippen LogP contribution in [-0.2, 0) is 11.2 Å². The smallest absolute Gasteiger partial charge is 0.227 e. The van der Waals surface area contributed by atoms with Gasteiger partial charge in [0.1, 0.15) is 5.58 Å². The molecule has 3 heterocycles. The Hall–Kier alpha value is -1.23. The molecule has 0 bridgehead atoms. The number of hydrogen-bond acceptors (Lipinski definition) is 3. The molecule has 6 heteroatoms. The van der Waals surface area contributed by atoms with Gasteiger partial charge in [0.05, 0.1) is 12.7 Å². The third-order valence-electron chi connectivity index (χ3n) is 5.23. The van der Waals surface area contributed by atoms with Crippen LogP contribution < -0.4 is 5.32 Å². The Morgan fingerprint density at radius 3 is 3.04 bits per heavy atom. The summed E-state index contributed by atoms with van der Waals surface area (Å²) >= 11 is 6.22. The van der Waals surface area contributed by atoms with E-state index in [0.29, 0.717) is 23.4 Å². The summed E-state index contributed by atoms with van der Waals surface area (Å²) in [6, 6.07) is 4.31. The summed E-state index contributed by atoms with van der Waals surface area (Å²) < 4.78 is 5.60. The van der Waals surface area contributed by atoms with E-state index >= 15 is 0 Å². The number of furan rings is 1. The monoisotopic (exact) mass is 368 g/mol. The molecular formula is C18H22Cl2N2O2. The van der Waals surface area contributed by atoms with E-state index in [1.165, 1.54) is 12.8 Å². The first-order valence-corrected chi connectivity index (χ1v) is 8.67. The number of nitrogens with one attached hydrogen (secondary N) is 1. The summed E-state index contributed by atoms with van der Waals surface area (Å²) in [4.78, 5) is 14.7. The van der Waals surface area contributed by atoms with E-state index in [2.05, 4.69) is 5.32 Å². The first-order chi connectivity index (χ1) is 11.1. The van der Waals surface area contributed by atoms with Crippen LogP contribution in [0.15, 0.2) is 22.8 Å². The molecule has 1 aromatic heterocycles. The maximum Gasteiger partial charge on any atom is 0.227 e. The molecule has 4 nitrogen and oxygen atoms in total. The molecule has 0 unspecified atom stereocenters. The maximum absolute atomic E-state index is 12.7. The number of fused-ring (bicyclic) bond motifs is 2. The van der Waals surface area contributed by atoms with Crippen molar-refractivity contribution >= 4 is 40.9 Å². The molecular weight excluding hydrogens is 347 g/mol. The highest BCUT2D eigenvalue weighted by Gasteiger charge is 2.36. The van der Waals surface area contributed by atoms with Crippen LogP contribution in [0.2, 0.25) is 5.02 Å². The summed E-state index contributed by atoms with van der Waals surface area (Å²) in [7, 11) is 0. The van der Waals surface area contributed by atoms with Gasteiger partial charge >= 0.3 is 0 Å². The van der Waals surface area contributed by atoms with Gasteiger partial charge in [-0.3, -0.25) is 4.79 Å². The number of rotatable bonds is 2. The molecule has 0 spiro atoms. The van der Waals surface area contributed by atoms with Crippen LogP contribution in [0, 0.1) is 12.8 Å². The van der Waals surface area contributed by atoms with E-state index in [1.54, 1.807) is 6.26 Å². The summed E-state index contributed by atoms with van der Waals surface area (Å²) in [5.74, 6) is 0.798. The lowest BCUT2D eigenvalue weighted by molar-refractivity contribution is -0.129. The lowest BCUT2D eigenvalue weighted by Crippen LogP contribution is -2.41. The molecule has 1 aromatic carbocycles. The van der Waals surface area contributed by atoms with Crippen molar-refractivity contribution in [1.29, 1.82) is 0 Å². The van der Waals surface area contributed by atoms with Crippen molar-refractivity contribution in [2.75, 3.05) is 19.6 Å². The van der Waals surface area contributed by atoms with E-state index in [4.69, 9.17) is 16.0 Å². The molecule has 1 amide bonds. The first-order valence-electron chi connectivity index (χ1n) is 8.29. The van der Waals surface area contributed by atoms with Gasteiger partial charge in [-0.25, -0.2) is 0 Å². The molecule has 0 radical (unpaired) electrons. The molecule has 2 aromatic rings. The minimum atomic E-state index is 0. The lowest BCUT2D eigenvalue weighted by atomic mass is 9.94. The molecule has 24 heavy (non-hydrogen) atoms. The summed E-state index contributed by atoms with van der Waals surface area (Å²) in [6.07, 6.45) is 4.52. The predicted octanol–water partition coefficient (Wildman–Crippen LogP) is 3.57. The van der Waals surface area contributed by atoms with E-state index < -0.39 is 0 Å². The Kier molecular flexibility index (Phi) is 5.09. The van der Waals surface area contributed by atoms with Crippen molar-refractivity contribution in [3.8, 4) is 0 Å². The Morgan fingerprint density at radius 1 is 1.42 bits per heavy atom. The first kappa shape index (κ1) is 17.6. The van der Waals surface area contributed by atoms with E-state index in [-0.39, 0.29) is 18.3 Å². The van der Waals surface area contributed by atoms with Gasteiger partial charge in [0.15, 0.2) is 0 Å². The Bertz CT molecular complexity index is 745. The molecule has 2 fully saturated rings. The topological polar surface area (TPSA) is 45.5 Å². The molecule has 4 rings (SSSR count). The van der Waals surface area contributed by atoms with Crippen LogP contribution in [0.3, 0.4) is 0 Å². The van der Waals surface area contributed by atoms with Gasteiger partial charge in [-0.1, -0.05) is 11.6 Å². The summed E-state index contributed by atoms with van der Waals surface area (Å²) in [5.41, 5.74) is 2.71. The standard InChI is InChI=1S/C18H21ClN2O2.ClH/c1-11-5-17-14(7-15(11)19)13(10-23-17)6-18(22)21-8-12-3-2-4-20-16(12)9-21;/h5,7,10,12,16,20H,2-4,6,8-9H2,1H3;1H/t12-,16+;/m0./s1. The van der Waals surface area contributed by atoms with Crippen molar-refractivity contribution in [3.05, 3.63) is 34.5 Å². The van der Waals surface area contributed by atoms with Gasteiger partial charge in [0.25, 0.3) is 0 Å². The van der Waals surface area contributed by atoms with Crippen LogP contribution in [0.25, 0.3) is 11.0 Å². The molecule has 0 saturated carbocycles. The summed E-state index contributed by atoms with van der Waals surface area (Å²) in [6.45, 7) is 4.74. The minimum Gasteiger partial charge on any atom is -0.464 e. The number of amides is 1. The second-order valence-electron chi connectivity index (χ2n) is 6.80. The van der Waals surface area contributed by atoms with Gasteiger partial charge in [-0.15, -0.1) is 12.4 Å². The SMILES string of the molecule is Cc1cc2occ(CC(=O)N3C[C@@H]4CCCN[C@@H]4C3)c2cc1Cl.Cl. The average molecular weight is 369 g/mol. The molecule has 2 atom stereocenters. The van der Waals surface area contributed by atoms with Crippen molar-refractivity contribution in [2.45, 2.75) is 32.2 Å². The largest absolute Gasteiger partial charge is 0.464 e. The maximum atomic E-state index is 12.7. The van der Waals surface area contributed by atoms with E-state index in [9.17, 15) is 4.79 Å². The van der Waals surface area contributed by atoms with Gasteiger partial charge < -0.3 is 14.6 Å². The molecule has 0 aliphatic carbocycles. The van der Waals surface area contributed by atoms with Gasteiger partial charge in [-0.05, 0) is 49.9 Å². The third kappa shape index (κ3) is 3.15. The molecule has 130 valence electrons. The van der Waals surface area contributed by atoms with Crippen LogP contribution in [0.5, 0.6) is 0 Å². The number of benzene rings is 1. The fraction of sp³-hybridized carbons (Fsp3) is 0.500. The number of carbonyl (C=O) groups excluding carboxylic acids is 1. The minimum absolute atomic E-state index is 0. The van der Waals surface area contributed by atoms with Gasteiger partial charge in [-0.2, -0.15) is 0 Å². The van der Waals surface area contributed by atoms with Crippen molar-refractivity contribution in [1.82, 2.24) is 10.2 Å². The number of piperidine rings is 1. The normalized spacial score (nSPS) is 23.2. The fourth-order valence-corrected chi connectivity index (χ4v) is 4.03. The number of hydrogen-bond donors (Lipinski definition) is 1. The van der Waals surface area contributed by atoms with Crippen LogP contribution in [-0.4, -0.2) is 36.5 Å². The molecule has 2 aliphatic heterocycles. The number of halogens is 2. The number of aryl methyl sites for hydroxylation is 1. The van der Waals surface area contributed by atoms with Crippen LogP contribution >= 0.6 is 24.0 Å². The molecule has 1 N–H and O–H groups in total. The van der Waals surface area contributed by atoms with E-state index in [0.717, 1.165) is 41.7 Å². The van der Waals surface area contributed by atoms with Gasteiger partial charge in [0, 0.05) is 35.1 Å². The zero-order chi connectivity index (χ0) is 16.0. The van der Waals surface area contributed by atoms with Crippen molar-refractivity contribution in [2.24, 2.45) is 5.92 Å². The second kappa shape index (κ2) is 6.95. The number of nitrogens with zero attached hydrogens (tertiary/aromatic N) is 1. The van der Waals surface area contributed by atoms with Gasteiger partial charge in [0.2, 0.25) is 5.91 Å². The highest BCUT2D eigenvalue weighted by atomic mass is 35.5. The molecule has 2 saturated heterocycles. The lowest BCUT2D eigenvalue weighted by Gasteiger charge is -2.24. The van der Waals surface area contributed by atoms with E-state index in [1.807, 2.05) is 24.0 Å². The van der Waals surface area contributed by atoms with Crippen LogP contribution in [0.1, 0.15) is 24.0 Å².